The highest BCUT2D eigenvalue weighted by molar-refractivity contribution is 5.70. The first-order valence-electron chi connectivity index (χ1n) is 9.76. The molecule has 0 aliphatic heterocycles. The predicted octanol–water partition coefficient (Wildman–Crippen LogP) is 6.58. The van der Waals surface area contributed by atoms with Gasteiger partial charge in [0.25, 0.3) is 0 Å². The fourth-order valence-corrected chi connectivity index (χ4v) is 3.46. The highest BCUT2D eigenvalue weighted by Gasteiger charge is 2.22. The number of hydrogen-bond acceptors (Lipinski definition) is 2. The van der Waals surface area contributed by atoms with E-state index in [0.717, 1.165) is 17.1 Å². The van der Waals surface area contributed by atoms with Gasteiger partial charge in [-0.1, -0.05) is 30.3 Å². The van der Waals surface area contributed by atoms with Crippen molar-refractivity contribution in [3.05, 3.63) is 103 Å². The minimum Gasteiger partial charge on any atom is -0.399 e. The van der Waals surface area contributed by atoms with Crippen molar-refractivity contribution in [2.24, 2.45) is 0 Å². The maximum atomic E-state index is 5.84. The molecule has 0 amide bonds. The number of rotatable bonds is 5. The molecule has 4 aromatic rings. The van der Waals surface area contributed by atoms with Gasteiger partial charge in [-0.25, -0.2) is 0 Å². The minimum atomic E-state index is 0.667. The van der Waals surface area contributed by atoms with Crippen molar-refractivity contribution in [2.75, 3.05) is 25.1 Å². The molecule has 0 aliphatic carbocycles. The Bertz CT molecular complexity index is 1070. The quantitative estimate of drug-likeness (QED) is 0.303. The van der Waals surface area contributed by atoms with Crippen molar-refractivity contribution in [3.63, 3.8) is 0 Å². The van der Waals surface area contributed by atoms with Crippen LogP contribution in [0.1, 0.15) is 0 Å². The maximum Gasteiger partial charge on any atom is 0.137 e. The second kappa shape index (κ2) is 7.82. The van der Waals surface area contributed by atoms with Gasteiger partial charge in [0.15, 0.2) is 0 Å². The number of nitrogens with zero attached hydrogens (tertiary/aromatic N) is 1. The number of nitrogens with two attached hydrogens (primary N) is 1. The molecule has 4 aromatic carbocycles. The summed E-state index contributed by atoms with van der Waals surface area (Å²) in [6.45, 7) is 0. The Hall–Kier alpha value is -3.56. The molecular weight excluding hydrogens is 354 g/mol. The SMILES string of the molecule is C[N+](C)(c1ccc(N)cc1)c1ccc(-c2ccc(Nc3ccccc3)cc2)cc1. The van der Waals surface area contributed by atoms with Crippen LogP contribution in [0.4, 0.5) is 28.4 Å². The molecule has 0 spiro atoms. The Labute approximate surface area is 172 Å². The van der Waals surface area contributed by atoms with Crippen molar-refractivity contribution in [2.45, 2.75) is 0 Å². The number of hydrogen-bond donors (Lipinski definition) is 2. The topological polar surface area (TPSA) is 38.0 Å². The summed E-state index contributed by atoms with van der Waals surface area (Å²) >= 11 is 0. The normalized spacial score (nSPS) is 11.2. The predicted molar refractivity (Wildman–Crippen MR) is 126 cm³/mol. The van der Waals surface area contributed by atoms with Gasteiger partial charge < -0.3 is 11.1 Å². The first-order valence-corrected chi connectivity index (χ1v) is 9.76. The minimum absolute atomic E-state index is 0.667. The van der Waals surface area contributed by atoms with Crippen LogP contribution in [0.2, 0.25) is 0 Å². The van der Waals surface area contributed by atoms with Crippen molar-refractivity contribution in [1.82, 2.24) is 4.48 Å². The third kappa shape index (κ3) is 4.15. The lowest BCUT2D eigenvalue weighted by Crippen LogP contribution is -2.34. The third-order valence-corrected chi connectivity index (χ3v) is 5.33. The van der Waals surface area contributed by atoms with Crippen LogP contribution in [0.5, 0.6) is 0 Å². The molecule has 0 saturated carbocycles. The van der Waals surface area contributed by atoms with E-state index in [0.29, 0.717) is 4.48 Å². The summed E-state index contributed by atoms with van der Waals surface area (Å²) in [6, 6.07) is 35.6. The van der Waals surface area contributed by atoms with Gasteiger partial charge >= 0.3 is 0 Å². The molecule has 0 unspecified atom stereocenters. The lowest BCUT2D eigenvalue weighted by atomic mass is 10.0. The van der Waals surface area contributed by atoms with Crippen LogP contribution >= 0.6 is 0 Å². The second-order valence-electron chi connectivity index (χ2n) is 7.66. The van der Waals surface area contributed by atoms with Crippen LogP contribution in [0, 0.1) is 0 Å². The van der Waals surface area contributed by atoms with E-state index in [1.807, 2.05) is 30.3 Å². The Kier molecular flexibility index (Phi) is 5.07. The highest BCUT2D eigenvalue weighted by Crippen LogP contribution is 2.33. The Morgan fingerprint density at radius 3 is 1.55 bits per heavy atom. The third-order valence-electron chi connectivity index (χ3n) is 5.33. The van der Waals surface area contributed by atoms with E-state index in [1.165, 1.54) is 22.5 Å². The molecular formula is C26H26N3+. The van der Waals surface area contributed by atoms with Gasteiger partial charge in [0.1, 0.15) is 11.4 Å². The first-order chi connectivity index (χ1) is 14.0. The molecule has 0 fully saturated rings. The standard InChI is InChI=1S/C26H26N3/c1-29(2,26-18-12-22(27)13-19-26)25-16-10-21(11-17-25)20-8-14-24(15-9-20)28-23-6-4-3-5-7-23/h3-19,28H,27H2,1-2H3/q+1. The Morgan fingerprint density at radius 2 is 1.00 bits per heavy atom. The zero-order valence-corrected chi connectivity index (χ0v) is 16.8. The maximum absolute atomic E-state index is 5.84. The number of benzene rings is 4. The monoisotopic (exact) mass is 380 g/mol. The molecule has 0 radical (unpaired) electrons. The molecule has 29 heavy (non-hydrogen) atoms. The van der Waals surface area contributed by atoms with Crippen molar-refractivity contribution in [3.8, 4) is 11.1 Å². The molecule has 3 heteroatoms. The van der Waals surface area contributed by atoms with E-state index in [-0.39, 0.29) is 0 Å². The number of nitrogen functional groups attached to an aromatic ring is 1. The van der Waals surface area contributed by atoms with Crippen LogP contribution in [-0.2, 0) is 0 Å². The smallest absolute Gasteiger partial charge is 0.137 e. The largest absolute Gasteiger partial charge is 0.399 e. The van der Waals surface area contributed by atoms with E-state index in [1.54, 1.807) is 0 Å². The van der Waals surface area contributed by atoms with E-state index in [2.05, 4.69) is 92.2 Å². The van der Waals surface area contributed by atoms with Gasteiger partial charge in [-0.05, 0) is 59.7 Å². The summed E-state index contributed by atoms with van der Waals surface area (Å²) in [4.78, 5) is 0. The zero-order valence-electron chi connectivity index (χ0n) is 16.8. The van der Waals surface area contributed by atoms with Gasteiger partial charge in [-0.3, -0.25) is 4.48 Å². The number of nitrogens with one attached hydrogen (secondary N) is 1. The summed E-state index contributed by atoms with van der Waals surface area (Å²) < 4.78 is 0.667. The summed E-state index contributed by atoms with van der Waals surface area (Å²) in [5, 5.41) is 3.42. The average Bonchev–Trinajstić information content (AvgIpc) is 2.75. The van der Waals surface area contributed by atoms with Crippen LogP contribution in [-0.4, -0.2) is 14.1 Å². The van der Waals surface area contributed by atoms with E-state index in [4.69, 9.17) is 5.73 Å². The average molecular weight is 381 g/mol. The van der Waals surface area contributed by atoms with Crippen LogP contribution in [0.3, 0.4) is 0 Å². The fourth-order valence-electron chi connectivity index (χ4n) is 3.46. The van der Waals surface area contributed by atoms with Crippen LogP contribution < -0.4 is 15.5 Å². The molecule has 0 atom stereocenters. The zero-order chi connectivity index (χ0) is 20.3. The first kappa shape index (κ1) is 18.8. The lowest BCUT2D eigenvalue weighted by Gasteiger charge is -2.29. The van der Waals surface area contributed by atoms with Crippen LogP contribution in [0.25, 0.3) is 11.1 Å². The van der Waals surface area contributed by atoms with Gasteiger partial charge in [-0.2, -0.15) is 0 Å². The second-order valence-corrected chi connectivity index (χ2v) is 7.66. The molecule has 144 valence electrons. The molecule has 0 saturated heterocycles. The van der Waals surface area contributed by atoms with Gasteiger partial charge in [-0.15, -0.1) is 0 Å². The van der Waals surface area contributed by atoms with Crippen molar-refractivity contribution >= 4 is 28.4 Å². The molecule has 0 aliphatic rings. The molecule has 4 rings (SSSR count). The molecule has 0 aromatic heterocycles. The summed E-state index contributed by atoms with van der Waals surface area (Å²) in [5.74, 6) is 0. The molecule has 3 nitrogen and oxygen atoms in total. The Balaban J connectivity index is 1.52. The summed E-state index contributed by atoms with van der Waals surface area (Å²) in [7, 11) is 4.37. The lowest BCUT2D eigenvalue weighted by molar-refractivity contribution is 0.555. The highest BCUT2D eigenvalue weighted by atomic mass is 15.3. The molecule has 0 heterocycles. The number of para-hydroxylation sites is 1. The summed E-state index contributed by atoms with van der Waals surface area (Å²) in [5.41, 5.74) is 13.6. The summed E-state index contributed by atoms with van der Waals surface area (Å²) in [6.07, 6.45) is 0. The van der Waals surface area contributed by atoms with E-state index < -0.39 is 0 Å². The Morgan fingerprint density at radius 1 is 0.552 bits per heavy atom. The fraction of sp³-hybridized carbons (Fsp3) is 0.0769. The molecule has 3 N–H and O–H groups in total. The van der Waals surface area contributed by atoms with Gasteiger partial charge in [0.2, 0.25) is 0 Å². The van der Waals surface area contributed by atoms with Crippen molar-refractivity contribution in [1.29, 1.82) is 0 Å². The number of quaternary nitrogens is 1. The van der Waals surface area contributed by atoms with Crippen molar-refractivity contribution < 1.29 is 0 Å². The van der Waals surface area contributed by atoms with Gasteiger partial charge in [0.05, 0.1) is 14.1 Å². The number of anilines is 3. The van der Waals surface area contributed by atoms with E-state index >= 15 is 0 Å². The van der Waals surface area contributed by atoms with Crippen LogP contribution in [0.15, 0.2) is 103 Å². The van der Waals surface area contributed by atoms with E-state index in [9.17, 15) is 0 Å². The van der Waals surface area contributed by atoms with Gasteiger partial charge in [0, 0.05) is 41.3 Å². The molecule has 0 bridgehead atoms.